The molecule has 2 aromatic rings. The number of carbonyl (C=O) groups is 1. The summed E-state index contributed by atoms with van der Waals surface area (Å²) in [6.45, 7) is 4.57. The fraction of sp³-hybridized carbons (Fsp3) is 0.429. The van der Waals surface area contributed by atoms with Crippen LogP contribution in [0.1, 0.15) is 43.2 Å². The standard InChI is InChI=1S/C21H28N4OS/c1-16(18-10-12-27-15-18)13-23-21(22-2)24-14-17-6-8-19(9-7-17)25-11-4-3-5-20(25)26/h6-10,12,15-16H,3-5,11,13-14H2,1-2H3,(H2,22,23,24). The first-order chi connectivity index (χ1) is 13.2. The van der Waals surface area contributed by atoms with E-state index in [1.807, 2.05) is 17.0 Å². The zero-order chi connectivity index (χ0) is 19.1. The van der Waals surface area contributed by atoms with Crippen LogP contribution in [0.15, 0.2) is 46.1 Å². The number of nitrogens with zero attached hydrogens (tertiary/aromatic N) is 2. The fourth-order valence-corrected chi connectivity index (χ4v) is 3.98. The van der Waals surface area contributed by atoms with Crippen LogP contribution in [-0.2, 0) is 11.3 Å². The van der Waals surface area contributed by atoms with Crippen molar-refractivity contribution in [1.29, 1.82) is 0 Å². The molecule has 0 spiro atoms. The molecule has 1 aliphatic heterocycles. The Hall–Kier alpha value is -2.34. The van der Waals surface area contributed by atoms with E-state index in [0.717, 1.165) is 43.1 Å². The van der Waals surface area contributed by atoms with E-state index in [1.165, 1.54) is 5.56 Å². The molecular formula is C21H28N4OS. The smallest absolute Gasteiger partial charge is 0.226 e. The number of carbonyl (C=O) groups excluding carboxylic acids is 1. The second-order valence-electron chi connectivity index (χ2n) is 6.93. The van der Waals surface area contributed by atoms with Gasteiger partial charge in [-0.05, 0) is 58.8 Å². The first kappa shape index (κ1) is 19.4. The molecule has 2 N–H and O–H groups in total. The van der Waals surface area contributed by atoms with Crippen LogP contribution in [0, 0.1) is 0 Å². The molecule has 3 rings (SSSR count). The minimum Gasteiger partial charge on any atom is -0.356 e. The van der Waals surface area contributed by atoms with Crippen molar-refractivity contribution in [2.75, 3.05) is 25.0 Å². The molecule has 1 fully saturated rings. The Labute approximate surface area is 165 Å². The van der Waals surface area contributed by atoms with Crippen LogP contribution in [0.2, 0.25) is 0 Å². The number of amides is 1. The third kappa shape index (κ3) is 5.32. The highest BCUT2D eigenvalue weighted by Gasteiger charge is 2.19. The third-order valence-corrected chi connectivity index (χ3v) is 5.64. The van der Waals surface area contributed by atoms with E-state index in [-0.39, 0.29) is 5.91 Å². The lowest BCUT2D eigenvalue weighted by molar-refractivity contribution is -0.119. The van der Waals surface area contributed by atoms with E-state index in [4.69, 9.17) is 0 Å². The van der Waals surface area contributed by atoms with Crippen LogP contribution >= 0.6 is 11.3 Å². The van der Waals surface area contributed by atoms with Crippen molar-refractivity contribution in [3.63, 3.8) is 0 Å². The molecule has 2 heterocycles. The molecule has 0 aliphatic carbocycles. The van der Waals surface area contributed by atoms with Crippen molar-refractivity contribution < 1.29 is 4.79 Å². The summed E-state index contributed by atoms with van der Waals surface area (Å²) in [4.78, 5) is 18.2. The van der Waals surface area contributed by atoms with Gasteiger partial charge >= 0.3 is 0 Å². The topological polar surface area (TPSA) is 56.7 Å². The second-order valence-corrected chi connectivity index (χ2v) is 7.71. The van der Waals surface area contributed by atoms with E-state index < -0.39 is 0 Å². The van der Waals surface area contributed by atoms with Crippen molar-refractivity contribution >= 4 is 28.9 Å². The van der Waals surface area contributed by atoms with Gasteiger partial charge in [-0.1, -0.05) is 19.1 Å². The SMILES string of the molecule is CN=C(NCc1ccc(N2CCCCC2=O)cc1)NCC(C)c1ccsc1. The Morgan fingerprint density at radius 2 is 2.04 bits per heavy atom. The number of anilines is 1. The molecule has 1 unspecified atom stereocenters. The average molecular weight is 385 g/mol. The van der Waals surface area contributed by atoms with Gasteiger partial charge in [-0.3, -0.25) is 9.79 Å². The Morgan fingerprint density at radius 3 is 2.70 bits per heavy atom. The zero-order valence-corrected chi connectivity index (χ0v) is 16.9. The Bertz CT molecular complexity index is 755. The number of aliphatic imine (C=N–C) groups is 1. The first-order valence-electron chi connectivity index (χ1n) is 9.53. The number of guanidine groups is 1. The van der Waals surface area contributed by atoms with Crippen molar-refractivity contribution in [3.05, 3.63) is 52.2 Å². The molecule has 1 amide bonds. The zero-order valence-electron chi connectivity index (χ0n) is 16.1. The van der Waals surface area contributed by atoms with Gasteiger partial charge in [-0.25, -0.2) is 0 Å². The highest BCUT2D eigenvalue weighted by molar-refractivity contribution is 7.07. The monoisotopic (exact) mass is 384 g/mol. The number of benzene rings is 1. The van der Waals surface area contributed by atoms with E-state index in [9.17, 15) is 4.79 Å². The molecule has 0 radical (unpaired) electrons. The van der Waals surface area contributed by atoms with E-state index in [1.54, 1.807) is 18.4 Å². The lowest BCUT2D eigenvalue weighted by Gasteiger charge is -2.26. The molecular weight excluding hydrogens is 356 g/mol. The highest BCUT2D eigenvalue weighted by atomic mass is 32.1. The van der Waals surface area contributed by atoms with Crippen molar-refractivity contribution in [2.45, 2.75) is 38.6 Å². The quantitative estimate of drug-likeness (QED) is 0.589. The van der Waals surface area contributed by atoms with Gasteiger partial charge in [0.2, 0.25) is 5.91 Å². The number of rotatable bonds is 6. The maximum absolute atomic E-state index is 12.0. The summed E-state index contributed by atoms with van der Waals surface area (Å²) in [7, 11) is 1.79. The molecule has 1 aromatic carbocycles. The predicted molar refractivity (Wildman–Crippen MR) is 114 cm³/mol. The van der Waals surface area contributed by atoms with Gasteiger partial charge in [0.15, 0.2) is 5.96 Å². The van der Waals surface area contributed by atoms with Gasteiger partial charge in [0.25, 0.3) is 0 Å². The van der Waals surface area contributed by atoms with Gasteiger partial charge in [0.1, 0.15) is 0 Å². The summed E-state index contributed by atoms with van der Waals surface area (Å²) in [5.41, 5.74) is 3.51. The molecule has 5 nitrogen and oxygen atoms in total. The Balaban J connectivity index is 1.48. The molecule has 1 saturated heterocycles. The van der Waals surface area contributed by atoms with E-state index >= 15 is 0 Å². The number of thiophene rings is 1. The summed E-state index contributed by atoms with van der Waals surface area (Å²) < 4.78 is 0. The summed E-state index contributed by atoms with van der Waals surface area (Å²) in [5.74, 6) is 1.47. The maximum atomic E-state index is 12.0. The van der Waals surface area contributed by atoms with Crippen LogP contribution in [0.4, 0.5) is 5.69 Å². The van der Waals surface area contributed by atoms with E-state index in [2.05, 4.69) is 51.5 Å². The fourth-order valence-electron chi connectivity index (χ4n) is 3.20. The molecule has 0 bridgehead atoms. The summed E-state index contributed by atoms with van der Waals surface area (Å²) in [5, 5.41) is 11.0. The predicted octanol–water partition coefficient (Wildman–Crippen LogP) is 3.73. The van der Waals surface area contributed by atoms with Gasteiger partial charge in [-0.2, -0.15) is 11.3 Å². The molecule has 144 valence electrons. The molecule has 1 aromatic heterocycles. The van der Waals surface area contributed by atoms with Crippen LogP contribution in [-0.4, -0.2) is 32.0 Å². The lowest BCUT2D eigenvalue weighted by Crippen LogP contribution is -2.38. The van der Waals surface area contributed by atoms with Crippen LogP contribution in [0.25, 0.3) is 0 Å². The van der Waals surface area contributed by atoms with Crippen LogP contribution in [0.5, 0.6) is 0 Å². The van der Waals surface area contributed by atoms with Gasteiger partial charge < -0.3 is 15.5 Å². The molecule has 1 atom stereocenters. The second kappa shape index (κ2) is 9.55. The van der Waals surface area contributed by atoms with Crippen molar-refractivity contribution in [2.24, 2.45) is 4.99 Å². The van der Waals surface area contributed by atoms with Gasteiger partial charge in [0, 0.05) is 38.8 Å². The normalized spacial score (nSPS) is 16.3. The molecule has 1 aliphatic rings. The minimum atomic E-state index is 0.233. The highest BCUT2D eigenvalue weighted by Crippen LogP contribution is 2.21. The third-order valence-electron chi connectivity index (χ3n) is 4.94. The number of piperidine rings is 1. The first-order valence-corrected chi connectivity index (χ1v) is 10.5. The molecule has 6 heteroatoms. The molecule has 0 saturated carbocycles. The maximum Gasteiger partial charge on any atom is 0.226 e. The average Bonchev–Trinajstić information content (AvgIpc) is 3.24. The van der Waals surface area contributed by atoms with Crippen LogP contribution in [0.3, 0.4) is 0 Å². The van der Waals surface area contributed by atoms with Gasteiger partial charge in [-0.15, -0.1) is 0 Å². The van der Waals surface area contributed by atoms with Crippen molar-refractivity contribution in [3.8, 4) is 0 Å². The van der Waals surface area contributed by atoms with Crippen molar-refractivity contribution in [1.82, 2.24) is 10.6 Å². The lowest BCUT2D eigenvalue weighted by atomic mass is 10.1. The number of hydrogen-bond donors (Lipinski definition) is 2. The van der Waals surface area contributed by atoms with Gasteiger partial charge in [0.05, 0.1) is 0 Å². The van der Waals surface area contributed by atoms with E-state index in [0.29, 0.717) is 18.9 Å². The summed E-state index contributed by atoms with van der Waals surface area (Å²) >= 11 is 1.73. The number of hydrogen-bond acceptors (Lipinski definition) is 3. The van der Waals surface area contributed by atoms with Crippen LogP contribution < -0.4 is 15.5 Å². The largest absolute Gasteiger partial charge is 0.356 e. The Morgan fingerprint density at radius 1 is 1.22 bits per heavy atom. The molecule has 27 heavy (non-hydrogen) atoms. The number of nitrogens with one attached hydrogen (secondary N) is 2. The summed E-state index contributed by atoms with van der Waals surface area (Å²) in [6.07, 6.45) is 2.75. The summed E-state index contributed by atoms with van der Waals surface area (Å²) in [6, 6.07) is 10.4. The Kier molecular flexibility index (Phi) is 6.87. The minimum absolute atomic E-state index is 0.233.